The summed E-state index contributed by atoms with van der Waals surface area (Å²) in [5.41, 5.74) is 0.987. The van der Waals surface area contributed by atoms with E-state index in [1.54, 1.807) is 0 Å². The number of ketones is 1. The fourth-order valence-corrected chi connectivity index (χ4v) is 1.81. The maximum absolute atomic E-state index is 11.4. The number of benzene rings is 1. The van der Waals surface area contributed by atoms with Crippen LogP contribution in [0.25, 0.3) is 0 Å². The van der Waals surface area contributed by atoms with Crippen molar-refractivity contribution in [2.24, 2.45) is 0 Å². The summed E-state index contributed by atoms with van der Waals surface area (Å²) in [4.78, 5) is 22.3. The van der Waals surface area contributed by atoms with Crippen LogP contribution < -0.4 is 4.74 Å². The van der Waals surface area contributed by atoms with E-state index in [-0.39, 0.29) is 11.3 Å². The maximum Gasteiger partial charge on any atom is 0.339 e. The molecule has 0 fully saturated rings. The van der Waals surface area contributed by atoms with Crippen LogP contribution in [0.4, 0.5) is 0 Å². The first-order valence-corrected chi connectivity index (χ1v) is 4.81. The van der Waals surface area contributed by atoms with Crippen LogP contribution in [0.2, 0.25) is 0 Å². The van der Waals surface area contributed by atoms with Crippen molar-refractivity contribution in [2.45, 2.75) is 6.42 Å². The molecule has 0 radical (unpaired) electrons. The van der Waals surface area contributed by atoms with Crippen molar-refractivity contribution in [3.63, 3.8) is 0 Å². The van der Waals surface area contributed by atoms with Crippen LogP contribution in [-0.4, -0.2) is 35.2 Å². The van der Waals surface area contributed by atoms with Crippen LogP contribution in [0.5, 0.6) is 5.75 Å². The molecule has 1 aliphatic heterocycles. The van der Waals surface area contributed by atoms with E-state index in [1.165, 1.54) is 12.1 Å². The van der Waals surface area contributed by atoms with Crippen LogP contribution in [0.1, 0.15) is 26.3 Å². The SMILES string of the molecule is O=C(CO)c1ccc(C(=O)O)c2c1CCO2. The van der Waals surface area contributed by atoms with Crippen molar-refractivity contribution in [1.82, 2.24) is 0 Å². The van der Waals surface area contributed by atoms with Crippen LogP contribution in [0.3, 0.4) is 0 Å². The summed E-state index contributed by atoms with van der Waals surface area (Å²) in [6.45, 7) is -0.218. The Hall–Kier alpha value is -1.88. The van der Waals surface area contributed by atoms with E-state index in [0.717, 1.165) is 0 Å². The molecule has 0 bridgehead atoms. The van der Waals surface area contributed by atoms with Crippen LogP contribution in [-0.2, 0) is 6.42 Å². The summed E-state index contributed by atoms with van der Waals surface area (Å²) in [6.07, 6.45) is 0.498. The van der Waals surface area contributed by atoms with Gasteiger partial charge in [-0.2, -0.15) is 0 Å². The van der Waals surface area contributed by atoms with Crippen molar-refractivity contribution in [1.29, 1.82) is 0 Å². The molecule has 2 N–H and O–H groups in total. The molecule has 5 nitrogen and oxygen atoms in total. The molecule has 0 atom stereocenters. The van der Waals surface area contributed by atoms with Gasteiger partial charge in [-0.1, -0.05) is 0 Å². The minimum Gasteiger partial charge on any atom is -0.492 e. The summed E-state index contributed by atoms with van der Waals surface area (Å²) >= 11 is 0. The third-order valence-electron chi connectivity index (χ3n) is 2.53. The van der Waals surface area contributed by atoms with Gasteiger partial charge in [-0.15, -0.1) is 0 Å². The van der Waals surface area contributed by atoms with E-state index in [1.807, 2.05) is 0 Å². The maximum atomic E-state index is 11.4. The largest absolute Gasteiger partial charge is 0.492 e. The summed E-state index contributed by atoms with van der Waals surface area (Å²) in [5.74, 6) is -1.24. The Balaban J connectivity index is 2.57. The zero-order chi connectivity index (χ0) is 11.7. The van der Waals surface area contributed by atoms with Crippen LogP contribution >= 0.6 is 0 Å². The molecular formula is C11H10O5. The molecule has 0 aliphatic carbocycles. The number of hydrogen-bond donors (Lipinski definition) is 2. The van der Waals surface area contributed by atoms with E-state index in [2.05, 4.69) is 0 Å². The Kier molecular flexibility index (Phi) is 2.62. The average molecular weight is 222 g/mol. The summed E-state index contributed by atoms with van der Waals surface area (Å²) in [6, 6.07) is 2.75. The van der Waals surface area contributed by atoms with Gasteiger partial charge in [-0.3, -0.25) is 4.79 Å². The number of carboxylic acid groups (broad SMARTS) is 1. The van der Waals surface area contributed by atoms with E-state index in [4.69, 9.17) is 14.9 Å². The topological polar surface area (TPSA) is 83.8 Å². The molecular weight excluding hydrogens is 212 g/mol. The first-order valence-electron chi connectivity index (χ1n) is 4.81. The molecule has 0 aromatic heterocycles. The Morgan fingerprint density at radius 2 is 2.00 bits per heavy atom. The van der Waals surface area contributed by atoms with Gasteiger partial charge < -0.3 is 14.9 Å². The van der Waals surface area contributed by atoms with Crippen molar-refractivity contribution in [3.05, 3.63) is 28.8 Å². The minimum absolute atomic E-state index is 0.0574. The minimum atomic E-state index is -1.08. The first kappa shape index (κ1) is 10.6. The summed E-state index contributed by atoms with van der Waals surface area (Å²) in [5, 5.41) is 17.7. The highest BCUT2D eigenvalue weighted by Gasteiger charge is 2.25. The monoisotopic (exact) mass is 222 g/mol. The second-order valence-corrected chi connectivity index (χ2v) is 3.45. The predicted molar refractivity (Wildman–Crippen MR) is 54.0 cm³/mol. The lowest BCUT2D eigenvalue weighted by Crippen LogP contribution is -2.09. The summed E-state index contributed by atoms with van der Waals surface area (Å²) < 4.78 is 5.21. The molecule has 1 aromatic carbocycles. The second kappa shape index (κ2) is 3.94. The van der Waals surface area contributed by atoms with E-state index < -0.39 is 18.4 Å². The zero-order valence-electron chi connectivity index (χ0n) is 8.40. The molecule has 5 heteroatoms. The summed E-state index contributed by atoms with van der Waals surface area (Å²) in [7, 11) is 0. The van der Waals surface area contributed by atoms with Gasteiger partial charge in [-0.05, 0) is 12.1 Å². The number of fused-ring (bicyclic) bond motifs is 1. The number of rotatable bonds is 3. The number of carboxylic acids is 1. The lowest BCUT2D eigenvalue weighted by Gasteiger charge is -2.07. The van der Waals surface area contributed by atoms with Gasteiger partial charge in [0, 0.05) is 17.5 Å². The molecule has 16 heavy (non-hydrogen) atoms. The zero-order valence-corrected chi connectivity index (χ0v) is 8.40. The van der Waals surface area contributed by atoms with Gasteiger partial charge in [0.2, 0.25) is 0 Å². The third kappa shape index (κ3) is 1.55. The number of aromatic carboxylic acids is 1. The van der Waals surface area contributed by atoms with Crippen molar-refractivity contribution in [3.8, 4) is 5.75 Å². The van der Waals surface area contributed by atoms with Gasteiger partial charge >= 0.3 is 5.97 Å². The first-order chi connectivity index (χ1) is 7.65. The molecule has 0 saturated heterocycles. The van der Waals surface area contributed by atoms with E-state index in [9.17, 15) is 9.59 Å². The third-order valence-corrected chi connectivity index (χ3v) is 2.53. The number of aliphatic hydroxyl groups is 1. The van der Waals surface area contributed by atoms with Crippen molar-refractivity contribution >= 4 is 11.8 Å². The Morgan fingerprint density at radius 1 is 1.31 bits per heavy atom. The van der Waals surface area contributed by atoms with Crippen LogP contribution in [0, 0.1) is 0 Å². The van der Waals surface area contributed by atoms with Crippen LogP contribution in [0.15, 0.2) is 12.1 Å². The van der Waals surface area contributed by atoms with Gasteiger partial charge in [0.15, 0.2) is 5.78 Å². The number of hydrogen-bond acceptors (Lipinski definition) is 4. The molecule has 0 spiro atoms. The number of ether oxygens (including phenoxy) is 1. The highest BCUT2D eigenvalue weighted by molar-refractivity contribution is 6.01. The normalized spacial score (nSPS) is 13.1. The molecule has 0 amide bonds. The lowest BCUT2D eigenvalue weighted by atomic mass is 9.98. The predicted octanol–water partition coefficient (Wildman–Crippen LogP) is 0.495. The molecule has 2 rings (SSSR count). The molecule has 1 heterocycles. The number of Topliss-reactive ketones (excluding diaryl/α,β-unsaturated/α-hetero) is 1. The standard InChI is InChI=1S/C11H10O5/c12-5-9(13)6-1-2-8(11(14)15)10-7(6)3-4-16-10/h1-2,12H,3-5H2,(H,14,15). The molecule has 0 unspecified atom stereocenters. The lowest BCUT2D eigenvalue weighted by molar-refractivity contribution is 0.0692. The van der Waals surface area contributed by atoms with Gasteiger partial charge in [0.05, 0.1) is 6.61 Å². The van der Waals surface area contributed by atoms with Crippen molar-refractivity contribution < 1.29 is 24.5 Å². The highest BCUT2D eigenvalue weighted by atomic mass is 16.5. The Bertz CT molecular complexity index is 464. The van der Waals surface area contributed by atoms with E-state index >= 15 is 0 Å². The highest BCUT2D eigenvalue weighted by Crippen LogP contribution is 2.32. The molecule has 1 aliphatic rings. The Labute approximate surface area is 91.3 Å². The van der Waals surface area contributed by atoms with E-state index in [0.29, 0.717) is 24.2 Å². The number of aliphatic hydroxyl groups excluding tert-OH is 1. The fourth-order valence-electron chi connectivity index (χ4n) is 1.81. The van der Waals surface area contributed by atoms with Gasteiger partial charge in [0.1, 0.15) is 17.9 Å². The van der Waals surface area contributed by atoms with Gasteiger partial charge in [0.25, 0.3) is 0 Å². The molecule has 84 valence electrons. The van der Waals surface area contributed by atoms with Crippen molar-refractivity contribution in [2.75, 3.05) is 13.2 Å². The smallest absolute Gasteiger partial charge is 0.339 e. The number of carbonyl (C=O) groups excluding carboxylic acids is 1. The number of carbonyl (C=O) groups is 2. The molecule has 0 saturated carbocycles. The average Bonchev–Trinajstić information content (AvgIpc) is 2.75. The molecule has 1 aromatic rings. The van der Waals surface area contributed by atoms with Gasteiger partial charge in [-0.25, -0.2) is 4.79 Å². The Morgan fingerprint density at radius 3 is 2.62 bits per heavy atom. The fraction of sp³-hybridized carbons (Fsp3) is 0.273. The second-order valence-electron chi connectivity index (χ2n) is 3.45. The quantitative estimate of drug-likeness (QED) is 0.727.